The first kappa shape index (κ1) is 31.9. The molecule has 0 aliphatic carbocycles. The predicted molar refractivity (Wildman–Crippen MR) is 178 cm³/mol. The first-order valence-electron chi connectivity index (χ1n) is 14.4. The monoisotopic (exact) mass is 560 g/mol. The minimum Gasteiger partial charge on any atom is -0.121 e. The third-order valence-electron chi connectivity index (χ3n) is 7.29. The zero-order valence-electron chi connectivity index (χ0n) is 26.9. The van der Waals surface area contributed by atoms with Gasteiger partial charge in [0.05, 0.1) is 0 Å². The third-order valence-corrected chi connectivity index (χ3v) is 9.38. The van der Waals surface area contributed by atoms with Crippen LogP contribution in [0.5, 0.6) is 0 Å². The normalized spacial score (nSPS) is 13.2. The molecule has 0 aliphatic rings. The molecule has 0 nitrogen and oxygen atoms in total. The van der Waals surface area contributed by atoms with Gasteiger partial charge >= 0.3 is 0 Å². The van der Waals surface area contributed by atoms with Crippen LogP contribution >= 0.6 is 23.5 Å². The lowest BCUT2D eigenvalue weighted by Gasteiger charge is -2.26. The maximum Gasteiger partial charge on any atom is 0.0232 e. The van der Waals surface area contributed by atoms with Gasteiger partial charge in [-0.05, 0) is 85.7 Å². The number of rotatable bonds is 6. The molecule has 0 bridgehead atoms. The maximum atomic E-state index is 2.42. The van der Waals surface area contributed by atoms with Gasteiger partial charge in [0.15, 0.2) is 0 Å². The van der Waals surface area contributed by atoms with Crippen molar-refractivity contribution in [2.75, 3.05) is 0 Å². The Morgan fingerprint density at radius 3 is 0.949 bits per heavy atom. The summed E-state index contributed by atoms with van der Waals surface area (Å²) in [6.45, 7) is 30.0. The second-order valence-corrected chi connectivity index (χ2v) is 17.5. The van der Waals surface area contributed by atoms with Crippen LogP contribution in [0.3, 0.4) is 0 Å². The molecule has 3 rings (SSSR count). The minimum absolute atomic E-state index is 0.144. The van der Waals surface area contributed by atoms with Crippen molar-refractivity contribution in [2.24, 2.45) is 0 Å². The maximum absolute atomic E-state index is 2.42. The number of hydrogen-bond acceptors (Lipinski definition) is 2. The first-order chi connectivity index (χ1) is 17.7. The van der Waals surface area contributed by atoms with E-state index >= 15 is 0 Å². The van der Waals surface area contributed by atoms with E-state index in [9.17, 15) is 0 Å². The van der Waals surface area contributed by atoms with Crippen molar-refractivity contribution in [2.45, 2.75) is 133 Å². The second-order valence-electron chi connectivity index (χ2n) is 15.4. The van der Waals surface area contributed by atoms with Gasteiger partial charge in [0, 0.05) is 21.3 Å². The summed E-state index contributed by atoms with van der Waals surface area (Å²) in [6.07, 6.45) is 0. The summed E-state index contributed by atoms with van der Waals surface area (Å²) in [5.41, 5.74) is 10.5. The van der Waals surface area contributed by atoms with Crippen LogP contribution in [0.25, 0.3) is 0 Å². The van der Waals surface area contributed by atoms with Crippen LogP contribution in [0.1, 0.15) is 122 Å². The Labute approximate surface area is 249 Å². The van der Waals surface area contributed by atoms with Crippen LogP contribution in [0.2, 0.25) is 0 Å². The molecule has 0 atom stereocenters. The van der Waals surface area contributed by atoms with Crippen molar-refractivity contribution in [3.05, 3.63) is 93.5 Å². The summed E-state index contributed by atoms with van der Waals surface area (Å²) in [4.78, 5) is 2.71. The number of aryl methyl sites for hydroxylation is 1. The van der Waals surface area contributed by atoms with Crippen LogP contribution in [0, 0.1) is 6.92 Å². The highest BCUT2D eigenvalue weighted by atomic mass is 32.2. The fraction of sp³-hybridized carbons (Fsp3) is 0.514. The van der Waals surface area contributed by atoms with E-state index in [1.807, 2.05) is 23.5 Å². The molecule has 0 unspecified atom stereocenters. The molecule has 3 aromatic carbocycles. The van der Waals surface area contributed by atoms with Crippen molar-refractivity contribution in [1.29, 1.82) is 0 Å². The Bertz CT molecular complexity index is 1120. The highest BCUT2D eigenvalue weighted by molar-refractivity contribution is 7.99. The molecule has 0 heterocycles. The van der Waals surface area contributed by atoms with Gasteiger partial charge in [-0.15, -0.1) is 23.5 Å². The molecule has 0 N–H and O–H groups in total. The largest absolute Gasteiger partial charge is 0.121 e. The van der Waals surface area contributed by atoms with E-state index in [1.165, 1.54) is 48.7 Å². The summed E-state index contributed by atoms with van der Waals surface area (Å²) in [6, 6.07) is 21.6. The van der Waals surface area contributed by atoms with Crippen LogP contribution < -0.4 is 0 Å². The van der Waals surface area contributed by atoms with Gasteiger partial charge in [0.1, 0.15) is 0 Å². The number of thioether (sulfide) groups is 2. The summed E-state index contributed by atoms with van der Waals surface area (Å²) < 4.78 is 0. The van der Waals surface area contributed by atoms with Crippen molar-refractivity contribution >= 4 is 23.5 Å². The molecular weight excluding hydrogens is 509 g/mol. The average molecular weight is 561 g/mol. The highest BCUT2D eigenvalue weighted by Gasteiger charge is 2.22. The highest BCUT2D eigenvalue weighted by Crippen LogP contribution is 2.36. The smallest absolute Gasteiger partial charge is 0.0232 e. The van der Waals surface area contributed by atoms with Crippen LogP contribution in [-0.2, 0) is 33.2 Å². The van der Waals surface area contributed by atoms with Crippen LogP contribution in [0.15, 0.2) is 64.4 Å². The Balaban J connectivity index is 1.82. The standard InChI is InChI=1S/C37H52S2/c1-25-14-32(38-23-26-16-28(34(2,3)4)20-29(17-26)35(5,6)7)22-33(15-25)39-24-27-18-30(36(8,9)10)21-31(19-27)37(11,12)13/h14-22H,23-24H2,1-13H3. The zero-order chi connectivity index (χ0) is 29.4. The first-order valence-corrected chi connectivity index (χ1v) is 16.4. The van der Waals surface area contributed by atoms with Crippen molar-refractivity contribution in [1.82, 2.24) is 0 Å². The van der Waals surface area contributed by atoms with E-state index in [1.54, 1.807) is 0 Å². The molecule has 0 amide bonds. The van der Waals surface area contributed by atoms with E-state index in [4.69, 9.17) is 0 Å². The Morgan fingerprint density at radius 1 is 0.410 bits per heavy atom. The molecule has 3 aromatic rings. The van der Waals surface area contributed by atoms with Crippen molar-refractivity contribution < 1.29 is 0 Å². The lowest BCUT2D eigenvalue weighted by atomic mass is 9.80. The number of benzene rings is 3. The molecule has 39 heavy (non-hydrogen) atoms. The number of hydrogen-bond donors (Lipinski definition) is 0. The molecule has 0 radical (unpaired) electrons. The predicted octanol–water partition coefficient (Wildman–Crippen LogP) is 11.8. The molecule has 0 fully saturated rings. The van der Waals surface area contributed by atoms with Gasteiger partial charge in [-0.1, -0.05) is 119 Å². The van der Waals surface area contributed by atoms with E-state index in [0.29, 0.717) is 0 Å². The van der Waals surface area contributed by atoms with Crippen LogP contribution in [-0.4, -0.2) is 0 Å². The molecule has 0 aromatic heterocycles. The molecule has 0 saturated carbocycles. The van der Waals surface area contributed by atoms with E-state index < -0.39 is 0 Å². The van der Waals surface area contributed by atoms with E-state index in [0.717, 1.165) is 11.5 Å². The molecule has 212 valence electrons. The lowest BCUT2D eigenvalue weighted by molar-refractivity contribution is 0.567. The average Bonchev–Trinajstić information content (AvgIpc) is 2.78. The van der Waals surface area contributed by atoms with Gasteiger partial charge in [-0.2, -0.15) is 0 Å². The van der Waals surface area contributed by atoms with Gasteiger partial charge < -0.3 is 0 Å². The Hall–Kier alpha value is -1.64. The third kappa shape index (κ3) is 9.19. The minimum atomic E-state index is 0.144. The Morgan fingerprint density at radius 2 is 0.692 bits per heavy atom. The van der Waals surface area contributed by atoms with Crippen molar-refractivity contribution in [3.63, 3.8) is 0 Å². The fourth-order valence-electron chi connectivity index (χ4n) is 4.50. The Kier molecular flexibility index (Phi) is 9.56. The molecule has 0 aliphatic heterocycles. The van der Waals surface area contributed by atoms with Crippen molar-refractivity contribution in [3.8, 4) is 0 Å². The van der Waals surface area contributed by atoms with E-state index in [-0.39, 0.29) is 21.7 Å². The van der Waals surface area contributed by atoms with Crippen LogP contribution in [0.4, 0.5) is 0 Å². The molecular formula is C37H52S2. The summed E-state index contributed by atoms with van der Waals surface area (Å²) >= 11 is 3.92. The SMILES string of the molecule is Cc1cc(SCc2cc(C(C)(C)C)cc(C(C)(C)C)c2)cc(SCc2cc(C(C)(C)C)cc(C(C)(C)C)c2)c1. The topological polar surface area (TPSA) is 0 Å². The molecule has 0 saturated heterocycles. The van der Waals surface area contributed by atoms with Gasteiger partial charge in [0.25, 0.3) is 0 Å². The summed E-state index contributed by atoms with van der Waals surface area (Å²) in [5, 5.41) is 0. The van der Waals surface area contributed by atoms with E-state index in [2.05, 4.69) is 145 Å². The fourth-order valence-corrected chi connectivity index (χ4v) is 6.53. The summed E-state index contributed by atoms with van der Waals surface area (Å²) in [7, 11) is 0. The molecule has 2 heteroatoms. The zero-order valence-corrected chi connectivity index (χ0v) is 28.6. The lowest BCUT2D eigenvalue weighted by Crippen LogP contribution is -2.17. The molecule has 0 spiro atoms. The summed E-state index contributed by atoms with van der Waals surface area (Å²) in [5.74, 6) is 1.98. The van der Waals surface area contributed by atoms with Gasteiger partial charge in [-0.3, -0.25) is 0 Å². The van der Waals surface area contributed by atoms with Gasteiger partial charge in [-0.25, -0.2) is 0 Å². The van der Waals surface area contributed by atoms with Gasteiger partial charge in [0.2, 0.25) is 0 Å². The quantitative estimate of drug-likeness (QED) is 0.275. The second kappa shape index (κ2) is 11.7.